The fourth-order valence-electron chi connectivity index (χ4n) is 3.40. The second kappa shape index (κ2) is 21.0. The summed E-state index contributed by atoms with van der Waals surface area (Å²) in [6.45, 7) is 1.56. The predicted octanol–water partition coefficient (Wildman–Crippen LogP) is 5.39. The van der Waals surface area contributed by atoms with Crippen LogP contribution in [0.2, 0.25) is 0 Å². The van der Waals surface area contributed by atoms with Gasteiger partial charge in [-0.15, -0.1) is 0 Å². The number of carboxylic acids is 1. The van der Waals surface area contributed by atoms with Gasteiger partial charge in [0.05, 0.1) is 13.2 Å². The van der Waals surface area contributed by atoms with Crippen molar-refractivity contribution in [3.63, 3.8) is 0 Å². The zero-order chi connectivity index (χ0) is 24.1. The number of aliphatic carboxylic acids is 1. The van der Waals surface area contributed by atoms with E-state index in [9.17, 15) is 19.6 Å². The molecule has 32 heavy (non-hydrogen) atoms. The molecule has 0 spiro atoms. The molecule has 0 aromatic heterocycles. The molecular weight excluding hydrogens is 449 g/mol. The molecule has 0 aliphatic rings. The predicted molar refractivity (Wildman–Crippen MR) is 134 cm³/mol. The molecular formula is C23H46NO6PS. The van der Waals surface area contributed by atoms with Crippen LogP contribution in [0.3, 0.4) is 0 Å². The van der Waals surface area contributed by atoms with Crippen molar-refractivity contribution in [1.29, 1.82) is 0 Å². The van der Waals surface area contributed by atoms with Crippen molar-refractivity contribution in [3.8, 4) is 0 Å². The zero-order valence-electron chi connectivity index (χ0n) is 20.2. The highest BCUT2D eigenvalue weighted by Gasteiger charge is 2.19. The van der Waals surface area contributed by atoms with Gasteiger partial charge in [-0.05, 0) is 18.2 Å². The summed E-state index contributed by atoms with van der Waals surface area (Å²) < 4.78 is 10.3. The first-order valence-corrected chi connectivity index (χ1v) is 15.4. The van der Waals surface area contributed by atoms with Gasteiger partial charge < -0.3 is 24.6 Å². The van der Waals surface area contributed by atoms with Gasteiger partial charge in [-0.25, -0.2) is 4.79 Å². The van der Waals surface area contributed by atoms with E-state index in [1.54, 1.807) is 0 Å². The Kier molecular flexibility index (Phi) is 20.7. The number of carbonyl (C=O) groups excluding carboxylic acids is 1. The van der Waals surface area contributed by atoms with Crippen LogP contribution in [0.4, 0.5) is 0 Å². The fourth-order valence-corrected chi connectivity index (χ4v) is 4.03. The van der Waals surface area contributed by atoms with Gasteiger partial charge in [-0.3, -0.25) is 4.79 Å². The van der Waals surface area contributed by atoms with Crippen LogP contribution >= 0.6 is 6.49 Å². The molecule has 0 aliphatic carbocycles. The molecule has 0 saturated heterocycles. The van der Waals surface area contributed by atoms with Crippen LogP contribution in [0, 0.1) is 0 Å². The van der Waals surface area contributed by atoms with E-state index in [0.717, 1.165) is 19.3 Å². The van der Waals surface area contributed by atoms with E-state index >= 15 is 0 Å². The summed E-state index contributed by atoms with van der Waals surface area (Å²) in [6, 6.07) is -0.958. The Balaban J connectivity index is 3.64. The number of unbranched alkanes of at least 4 members (excludes halogenated alkanes) is 12. The number of carboxylic acid groups (broad SMARTS) is 1. The highest BCUT2D eigenvalue weighted by atomic mass is 32.5. The van der Waals surface area contributed by atoms with Crippen molar-refractivity contribution in [3.05, 3.63) is 0 Å². The molecule has 0 rings (SSSR count). The summed E-state index contributed by atoms with van der Waals surface area (Å²) in [4.78, 5) is 32.7. The Hall–Kier alpha value is -0.530. The topological polar surface area (TPSA) is 105 Å². The Morgan fingerprint density at radius 2 is 1.38 bits per heavy atom. The molecule has 0 aliphatic heterocycles. The first-order chi connectivity index (χ1) is 15.3. The second-order valence-corrected chi connectivity index (χ2v) is 12.4. The summed E-state index contributed by atoms with van der Waals surface area (Å²) in [7, 11) is 0. The summed E-state index contributed by atoms with van der Waals surface area (Å²) in [5.41, 5.74) is 0. The van der Waals surface area contributed by atoms with Crippen molar-refractivity contribution < 1.29 is 28.8 Å². The van der Waals surface area contributed by atoms with Gasteiger partial charge in [0.25, 0.3) is 0 Å². The van der Waals surface area contributed by atoms with Crippen molar-refractivity contribution in [1.82, 2.24) is 5.32 Å². The monoisotopic (exact) mass is 495 g/mol. The standard InChI is InChI=1S/C23H46NO6PS/c1-3-4-5-6-7-8-9-10-11-12-13-14-15-16-22(25)24-21(23(26)27)17-18-29-19-20-30-31(2,28)32/h21H,3-20H2,1-2H3,(H,24,25)(H,26,27)(H,28,32). The quantitative estimate of drug-likeness (QED) is 0.129. The number of hydrogen-bond donors (Lipinski definition) is 3. The van der Waals surface area contributed by atoms with Crippen molar-refractivity contribution in [2.24, 2.45) is 0 Å². The Labute approximate surface area is 200 Å². The maximum absolute atomic E-state index is 12.0. The molecule has 0 saturated carbocycles. The molecule has 9 heteroatoms. The summed E-state index contributed by atoms with van der Waals surface area (Å²) in [5.74, 6) is -1.29. The number of rotatable bonds is 23. The minimum atomic E-state index is -2.70. The number of ether oxygens (including phenoxy) is 1. The molecule has 0 aromatic carbocycles. The molecule has 0 fully saturated rings. The van der Waals surface area contributed by atoms with E-state index < -0.39 is 18.5 Å². The molecule has 2 atom stereocenters. The van der Waals surface area contributed by atoms with Crippen molar-refractivity contribution in [2.45, 2.75) is 109 Å². The Morgan fingerprint density at radius 1 is 0.875 bits per heavy atom. The second-order valence-electron chi connectivity index (χ2n) is 8.49. The van der Waals surface area contributed by atoms with Crippen LogP contribution in [0.25, 0.3) is 0 Å². The summed E-state index contributed by atoms with van der Waals surface area (Å²) in [6.07, 6.45) is 16.7. The van der Waals surface area contributed by atoms with E-state index in [-0.39, 0.29) is 32.1 Å². The number of amides is 1. The normalized spacial score (nSPS) is 14.1. The number of nitrogens with one attached hydrogen (secondary N) is 1. The zero-order valence-corrected chi connectivity index (χ0v) is 21.9. The van der Waals surface area contributed by atoms with Gasteiger partial charge in [0, 0.05) is 26.1 Å². The average Bonchev–Trinajstić information content (AvgIpc) is 2.72. The van der Waals surface area contributed by atoms with Crippen LogP contribution < -0.4 is 5.32 Å². The average molecular weight is 496 g/mol. The van der Waals surface area contributed by atoms with Gasteiger partial charge in [0.15, 0.2) is 6.49 Å². The molecule has 0 heterocycles. The molecule has 0 radical (unpaired) electrons. The Morgan fingerprint density at radius 3 is 1.84 bits per heavy atom. The SMILES string of the molecule is CCCCCCCCCCCCCCCC(=O)NC(CCOCCOP(C)(O)=S)C(=O)O. The van der Waals surface area contributed by atoms with Gasteiger partial charge in [0.2, 0.25) is 5.91 Å². The van der Waals surface area contributed by atoms with Crippen molar-refractivity contribution in [2.75, 3.05) is 26.5 Å². The third kappa shape index (κ3) is 22.7. The lowest BCUT2D eigenvalue weighted by atomic mass is 10.0. The van der Waals surface area contributed by atoms with Gasteiger partial charge >= 0.3 is 5.97 Å². The Bertz CT molecular complexity index is 529. The van der Waals surface area contributed by atoms with Crippen LogP contribution in [0.5, 0.6) is 0 Å². The van der Waals surface area contributed by atoms with Crippen LogP contribution in [-0.2, 0) is 30.7 Å². The van der Waals surface area contributed by atoms with E-state index in [4.69, 9.17) is 21.1 Å². The molecule has 0 bridgehead atoms. The van der Waals surface area contributed by atoms with E-state index in [1.165, 1.54) is 70.9 Å². The van der Waals surface area contributed by atoms with Crippen molar-refractivity contribution >= 4 is 30.2 Å². The third-order valence-electron chi connectivity index (χ3n) is 5.25. The van der Waals surface area contributed by atoms with E-state index in [0.29, 0.717) is 6.42 Å². The third-order valence-corrected chi connectivity index (χ3v) is 6.23. The number of hydrogen-bond acceptors (Lipinski definition) is 5. The smallest absolute Gasteiger partial charge is 0.326 e. The fraction of sp³-hybridized carbons (Fsp3) is 0.913. The van der Waals surface area contributed by atoms with Crippen LogP contribution in [0.15, 0.2) is 0 Å². The van der Waals surface area contributed by atoms with Crippen LogP contribution in [0.1, 0.15) is 103 Å². The van der Waals surface area contributed by atoms with E-state index in [1.807, 2.05) is 0 Å². The molecule has 0 aromatic rings. The van der Waals surface area contributed by atoms with Gasteiger partial charge in [0.1, 0.15) is 6.04 Å². The summed E-state index contributed by atoms with van der Waals surface area (Å²) >= 11 is 4.74. The highest BCUT2D eigenvalue weighted by Crippen LogP contribution is 2.36. The lowest BCUT2D eigenvalue weighted by Crippen LogP contribution is -2.41. The van der Waals surface area contributed by atoms with Crippen LogP contribution in [-0.4, -0.2) is 54.4 Å². The largest absolute Gasteiger partial charge is 0.480 e. The molecule has 2 unspecified atom stereocenters. The highest BCUT2D eigenvalue weighted by molar-refractivity contribution is 8.09. The minimum Gasteiger partial charge on any atom is -0.480 e. The molecule has 1 amide bonds. The summed E-state index contributed by atoms with van der Waals surface area (Å²) in [5, 5.41) is 11.9. The maximum Gasteiger partial charge on any atom is 0.326 e. The van der Waals surface area contributed by atoms with Gasteiger partial charge in [-0.2, -0.15) is 0 Å². The lowest BCUT2D eigenvalue weighted by Gasteiger charge is -2.15. The maximum atomic E-state index is 12.0. The number of carbonyl (C=O) groups is 2. The molecule has 3 N–H and O–H groups in total. The first kappa shape index (κ1) is 31.5. The molecule has 7 nitrogen and oxygen atoms in total. The van der Waals surface area contributed by atoms with Gasteiger partial charge in [-0.1, -0.05) is 84.0 Å². The first-order valence-electron chi connectivity index (χ1n) is 12.3. The molecule has 190 valence electrons. The minimum absolute atomic E-state index is 0.160. The van der Waals surface area contributed by atoms with E-state index in [2.05, 4.69) is 12.2 Å². The lowest BCUT2D eigenvalue weighted by molar-refractivity contribution is -0.142.